The highest BCUT2D eigenvalue weighted by atomic mass is 35.5. The van der Waals surface area contributed by atoms with Crippen molar-refractivity contribution in [2.24, 2.45) is 0 Å². The zero-order valence-corrected chi connectivity index (χ0v) is 19.4. The molecule has 3 N–H and O–H groups in total. The van der Waals surface area contributed by atoms with Crippen LogP contribution in [0.3, 0.4) is 0 Å². The summed E-state index contributed by atoms with van der Waals surface area (Å²) >= 11 is 16.9. The van der Waals surface area contributed by atoms with E-state index in [-0.39, 0.29) is 39.4 Å². The minimum atomic E-state index is -3.49. The zero-order chi connectivity index (χ0) is 24.9. The van der Waals surface area contributed by atoms with Gasteiger partial charge in [0.1, 0.15) is 6.04 Å². The van der Waals surface area contributed by atoms with Gasteiger partial charge in [0.25, 0.3) is 5.91 Å². The van der Waals surface area contributed by atoms with Gasteiger partial charge in [0.15, 0.2) is 0 Å². The molecule has 0 saturated heterocycles. The molecule has 34 heavy (non-hydrogen) atoms. The zero-order valence-electron chi connectivity index (χ0n) is 17.1. The second-order valence-electron chi connectivity index (χ2n) is 7.03. The Morgan fingerprint density at radius 2 is 1.74 bits per heavy atom. The molecule has 8 nitrogen and oxygen atoms in total. The number of pyridine rings is 1. The lowest BCUT2D eigenvalue weighted by Crippen LogP contribution is -2.32. The third-order valence-corrected chi connectivity index (χ3v) is 5.15. The van der Waals surface area contributed by atoms with Gasteiger partial charge in [-0.25, -0.2) is 14.8 Å². The lowest BCUT2D eigenvalue weighted by Gasteiger charge is -2.16. The molecule has 1 unspecified atom stereocenters. The number of carboxylic acid groups (broad SMARTS) is 1. The first kappa shape index (κ1) is 25.5. The molecule has 0 aliphatic carbocycles. The molecule has 1 atom stereocenters. The first-order chi connectivity index (χ1) is 16.0. The molecular weight excluding hydrogens is 515 g/mol. The third-order valence-electron chi connectivity index (χ3n) is 4.44. The summed E-state index contributed by atoms with van der Waals surface area (Å²) in [7, 11) is 0. The molecule has 1 aromatic carbocycles. The van der Waals surface area contributed by atoms with E-state index < -0.39 is 29.7 Å². The Kier molecular flexibility index (Phi) is 8.19. The minimum absolute atomic E-state index is 0.00149. The molecule has 2 aromatic heterocycles. The quantitative estimate of drug-likeness (QED) is 0.336. The SMILES string of the molecule is O=C(Nc1c(Cl)cncc1Cl)c1ccc(CC(Nc2nccc(CC(F)(F)Cl)n2)C(=O)O)cc1. The van der Waals surface area contributed by atoms with Gasteiger partial charge in [-0.2, -0.15) is 8.78 Å². The van der Waals surface area contributed by atoms with Crippen LogP contribution in [0.25, 0.3) is 0 Å². The number of nitrogens with one attached hydrogen (secondary N) is 2. The first-order valence-electron chi connectivity index (χ1n) is 9.59. The fourth-order valence-corrected chi connectivity index (χ4v) is 3.47. The smallest absolute Gasteiger partial charge is 0.327 e. The van der Waals surface area contributed by atoms with Crippen LogP contribution >= 0.6 is 34.8 Å². The number of benzene rings is 1. The van der Waals surface area contributed by atoms with E-state index in [2.05, 4.69) is 25.6 Å². The molecule has 0 aliphatic rings. The number of halogens is 5. The summed E-state index contributed by atoms with van der Waals surface area (Å²) in [6.07, 6.45) is 3.07. The van der Waals surface area contributed by atoms with Crippen molar-refractivity contribution in [3.8, 4) is 0 Å². The summed E-state index contributed by atoms with van der Waals surface area (Å²) in [4.78, 5) is 35.8. The molecular formula is C21H16Cl3F2N5O3. The maximum atomic E-state index is 13.0. The molecule has 0 bridgehead atoms. The van der Waals surface area contributed by atoms with Crippen LogP contribution in [0, 0.1) is 0 Å². The van der Waals surface area contributed by atoms with Gasteiger partial charge < -0.3 is 15.7 Å². The van der Waals surface area contributed by atoms with E-state index in [0.29, 0.717) is 5.56 Å². The average molecular weight is 531 g/mol. The number of hydrogen-bond acceptors (Lipinski definition) is 6. The molecule has 13 heteroatoms. The highest BCUT2D eigenvalue weighted by Crippen LogP contribution is 2.29. The van der Waals surface area contributed by atoms with Crippen molar-refractivity contribution in [3.63, 3.8) is 0 Å². The average Bonchev–Trinajstić information content (AvgIpc) is 2.75. The van der Waals surface area contributed by atoms with Crippen LogP contribution in [0.15, 0.2) is 48.9 Å². The molecule has 0 aliphatic heterocycles. The maximum absolute atomic E-state index is 13.0. The van der Waals surface area contributed by atoms with Gasteiger partial charge in [-0.1, -0.05) is 35.3 Å². The second-order valence-corrected chi connectivity index (χ2v) is 8.40. The number of nitrogens with zero attached hydrogens (tertiary/aromatic N) is 3. The van der Waals surface area contributed by atoms with Crippen LogP contribution in [-0.4, -0.2) is 43.4 Å². The Morgan fingerprint density at radius 3 is 2.32 bits per heavy atom. The Balaban J connectivity index is 1.68. The number of hydrogen-bond donors (Lipinski definition) is 3. The molecule has 178 valence electrons. The molecule has 1 amide bonds. The molecule has 0 fully saturated rings. The van der Waals surface area contributed by atoms with E-state index in [4.69, 9.17) is 34.8 Å². The van der Waals surface area contributed by atoms with Crippen molar-refractivity contribution in [2.45, 2.75) is 24.3 Å². The lowest BCUT2D eigenvalue weighted by atomic mass is 10.0. The van der Waals surface area contributed by atoms with Crippen molar-refractivity contribution < 1.29 is 23.5 Å². The number of carboxylic acids is 1. The van der Waals surface area contributed by atoms with Crippen molar-refractivity contribution in [1.82, 2.24) is 15.0 Å². The molecule has 3 rings (SSSR count). The summed E-state index contributed by atoms with van der Waals surface area (Å²) in [6, 6.07) is 6.26. The van der Waals surface area contributed by atoms with E-state index in [1.807, 2.05) is 0 Å². The first-order valence-corrected chi connectivity index (χ1v) is 10.7. The third kappa shape index (κ3) is 7.21. The predicted octanol–water partition coefficient (Wildman–Crippen LogP) is 4.91. The van der Waals surface area contributed by atoms with Crippen molar-refractivity contribution in [3.05, 3.63) is 75.8 Å². The van der Waals surface area contributed by atoms with Gasteiger partial charge in [0.05, 0.1) is 27.8 Å². The Morgan fingerprint density at radius 1 is 1.09 bits per heavy atom. The fraction of sp³-hybridized carbons (Fsp3) is 0.190. The van der Waals surface area contributed by atoms with Crippen LogP contribution in [0.4, 0.5) is 20.4 Å². The van der Waals surface area contributed by atoms with Crippen LogP contribution in [0.1, 0.15) is 21.6 Å². The molecule has 3 aromatic rings. The normalized spacial score (nSPS) is 12.1. The molecule has 0 spiro atoms. The Hall–Kier alpha value is -3.08. The van der Waals surface area contributed by atoms with Crippen LogP contribution in [0.5, 0.6) is 0 Å². The predicted molar refractivity (Wildman–Crippen MR) is 124 cm³/mol. The summed E-state index contributed by atoms with van der Waals surface area (Å²) in [5, 5.41) is 11.6. The summed E-state index contributed by atoms with van der Waals surface area (Å²) < 4.78 is 26.0. The largest absolute Gasteiger partial charge is 0.480 e. The van der Waals surface area contributed by atoms with Gasteiger partial charge in [-0.3, -0.25) is 9.78 Å². The number of rotatable bonds is 9. The maximum Gasteiger partial charge on any atom is 0.327 e. The number of aliphatic carboxylic acids is 1. The van der Waals surface area contributed by atoms with Gasteiger partial charge in [-0.05, 0) is 35.4 Å². The molecule has 0 saturated carbocycles. The van der Waals surface area contributed by atoms with Crippen molar-refractivity contribution >= 4 is 58.3 Å². The van der Waals surface area contributed by atoms with Gasteiger partial charge >= 0.3 is 11.4 Å². The second kappa shape index (κ2) is 10.9. The standard InChI is InChI=1S/C21H16Cl3F2N5O3/c22-14-9-27-10-15(23)17(14)31-18(32)12-3-1-11(2-4-12)7-16(19(33)34)30-20-28-6-5-13(29-20)8-21(24,25)26/h1-6,9-10,16H,7-8H2,(H,33,34)(H,27,31,32)(H,28,29,30). The number of carbonyl (C=O) groups is 2. The number of carbonyl (C=O) groups excluding carboxylic acids is 1. The van der Waals surface area contributed by atoms with Gasteiger partial charge in [-0.15, -0.1) is 0 Å². The van der Waals surface area contributed by atoms with E-state index >= 15 is 0 Å². The van der Waals surface area contributed by atoms with Crippen LogP contribution in [-0.2, 0) is 17.6 Å². The highest BCUT2D eigenvalue weighted by molar-refractivity contribution is 6.39. The summed E-state index contributed by atoms with van der Waals surface area (Å²) in [5.41, 5.74) is 1.04. The Labute approximate surface area is 207 Å². The molecule has 2 heterocycles. The number of aromatic nitrogens is 3. The van der Waals surface area contributed by atoms with Gasteiger partial charge in [0.2, 0.25) is 5.95 Å². The topological polar surface area (TPSA) is 117 Å². The summed E-state index contributed by atoms with van der Waals surface area (Å²) in [5.74, 6) is -1.82. The molecule has 0 radical (unpaired) electrons. The number of alkyl halides is 3. The van der Waals surface area contributed by atoms with Crippen molar-refractivity contribution in [1.29, 1.82) is 0 Å². The van der Waals surface area contributed by atoms with E-state index in [0.717, 1.165) is 0 Å². The Bertz CT molecular complexity index is 1170. The summed E-state index contributed by atoms with van der Waals surface area (Å²) in [6.45, 7) is 0. The minimum Gasteiger partial charge on any atom is -0.480 e. The van der Waals surface area contributed by atoms with Crippen LogP contribution in [0.2, 0.25) is 10.0 Å². The van der Waals surface area contributed by atoms with Crippen molar-refractivity contribution in [2.75, 3.05) is 10.6 Å². The highest BCUT2D eigenvalue weighted by Gasteiger charge is 2.26. The lowest BCUT2D eigenvalue weighted by molar-refractivity contribution is -0.137. The van der Waals surface area contributed by atoms with E-state index in [1.165, 1.54) is 36.8 Å². The van der Waals surface area contributed by atoms with E-state index in [1.54, 1.807) is 12.1 Å². The van der Waals surface area contributed by atoms with E-state index in [9.17, 15) is 23.5 Å². The van der Waals surface area contributed by atoms with Crippen LogP contribution < -0.4 is 10.6 Å². The number of amides is 1. The number of anilines is 2. The monoisotopic (exact) mass is 529 g/mol. The fourth-order valence-electron chi connectivity index (χ4n) is 2.87. The van der Waals surface area contributed by atoms with Gasteiger partial charge in [0, 0.05) is 30.6 Å².